The SMILES string of the molecule is CNC(=O)NOCc1ccc(Cl)cc1. The largest absolute Gasteiger partial charge is 0.339 e. The van der Waals surface area contributed by atoms with Crippen molar-refractivity contribution in [2.75, 3.05) is 7.05 Å². The third kappa shape index (κ3) is 3.64. The molecular formula is C9H11ClN2O2. The summed E-state index contributed by atoms with van der Waals surface area (Å²) in [6, 6.07) is 6.81. The molecule has 1 aromatic carbocycles. The lowest BCUT2D eigenvalue weighted by Gasteiger charge is -2.04. The summed E-state index contributed by atoms with van der Waals surface area (Å²) in [5.41, 5.74) is 3.15. The van der Waals surface area contributed by atoms with Gasteiger partial charge in [-0.1, -0.05) is 23.7 Å². The summed E-state index contributed by atoms with van der Waals surface area (Å²) < 4.78 is 0. The second-order valence-corrected chi connectivity index (χ2v) is 3.03. The minimum atomic E-state index is -0.376. The van der Waals surface area contributed by atoms with Crippen molar-refractivity contribution in [1.82, 2.24) is 10.8 Å². The van der Waals surface area contributed by atoms with Gasteiger partial charge in [0.05, 0.1) is 6.61 Å². The Morgan fingerprint density at radius 3 is 2.64 bits per heavy atom. The van der Waals surface area contributed by atoms with Crippen molar-refractivity contribution in [3.63, 3.8) is 0 Å². The molecule has 0 bridgehead atoms. The predicted octanol–water partition coefficient (Wildman–Crippen LogP) is 1.70. The molecule has 0 saturated heterocycles. The molecular weight excluding hydrogens is 204 g/mol. The van der Waals surface area contributed by atoms with Crippen LogP contribution in [0.1, 0.15) is 5.56 Å². The van der Waals surface area contributed by atoms with Crippen molar-refractivity contribution in [3.8, 4) is 0 Å². The summed E-state index contributed by atoms with van der Waals surface area (Å²) in [6.07, 6.45) is 0. The van der Waals surface area contributed by atoms with E-state index in [0.717, 1.165) is 5.56 Å². The Hall–Kier alpha value is -1.26. The van der Waals surface area contributed by atoms with Gasteiger partial charge in [0.1, 0.15) is 0 Å². The second-order valence-electron chi connectivity index (χ2n) is 2.60. The zero-order chi connectivity index (χ0) is 10.4. The van der Waals surface area contributed by atoms with Crippen LogP contribution in [0, 0.1) is 0 Å². The van der Waals surface area contributed by atoms with E-state index in [1.807, 2.05) is 12.1 Å². The van der Waals surface area contributed by atoms with Crippen molar-refractivity contribution >= 4 is 17.6 Å². The van der Waals surface area contributed by atoms with Crippen molar-refractivity contribution in [2.45, 2.75) is 6.61 Å². The van der Waals surface area contributed by atoms with Crippen LogP contribution in [0.4, 0.5) is 4.79 Å². The van der Waals surface area contributed by atoms with E-state index in [-0.39, 0.29) is 6.03 Å². The molecule has 0 aliphatic heterocycles. The topological polar surface area (TPSA) is 50.4 Å². The van der Waals surface area contributed by atoms with E-state index >= 15 is 0 Å². The highest BCUT2D eigenvalue weighted by molar-refractivity contribution is 6.30. The molecule has 0 spiro atoms. The molecule has 76 valence electrons. The molecule has 1 aromatic rings. The molecule has 4 nitrogen and oxygen atoms in total. The summed E-state index contributed by atoms with van der Waals surface area (Å²) in [5.74, 6) is 0. The van der Waals surface area contributed by atoms with E-state index in [2.05, 4.69) is 10.8 Å². The van der Waals surface area contributed by atoms with Crippen LogP contribution in [0.3, 0.4) is 0 Å². The lowest BCUT2D eigenvalue weighted by molar-refractivity contribution is 0.0497. The standard InChI is InChI=1S/C9H11ClN2O2/c1-11-9(13)12-14-6-7-2-4-8(10)5-3-7/h2-5H,6H2,1H3,(H2,11,12,13). The zero-order valence-corrected chi connectivity index (χ0v) is 8.47. The first-order valence-electron chi connectivity index (χ1n) is 4.06. The van der Waals surface area contributed by atoms with Crippen molar-refractivity contribution in [1.29, 1.82) is 0 Å². The molecule has 0 saturated carbocycles. The van der Waals surface area contributed by atoms with Gasteiger partial charge in [0.25, 0.3) is 0 Å². The van der Waals surface area contributed by atoms with E-state index in [1.165, 1.54) is 7.05 Å². The van der Waals surface area contributed by atoms with Gasteiger partial charge in [-0.2, -0.15) is 0 Å². The van der Waals surface area contributed by atoms with E-state index < -0.39 is 0 Å². The summed E-state index contributed by atoms with van der Waals surface area (Å²) in [7, 11) is 1.51. The fraction of sp³-hybridized carbons (Fsp3) is 0.222. The lowest BCUT2D eigenvalue weighted by atomic mass is 10.2. The van der Waals surface area contributed by atoms with Gasteiger partial charge in [-0.3, -0.25) is 4.84 Å². The molecule has 0 atom stereocenters. The van der Waals surface area contributed by atoms with Gasteiger partial charge in [0.15, 0.2) is 0 Å². The molecule has 1 rings (SSSR count). The van der Waals surface area contributed by atoms with Gasteiger partial charge in [-0.15, -0.1) is 0 Å². The monoisotopic (exact) mass is 214 g/mol. The Kier molecular flexibility index (Phi) is 4.22. The zero-order valence-electron chi connectivity index (χ0n) is 7.71. The van der Waals surface area contributed by atoms with Crippen LogP contribution in [0.2, 0.25) is 5.02 Å². The van der Waals surface area contributed by atoms with Crippen molar-refractivity contribution in [2.24, 2.45) is 0 Å². The lowest BCUT2D eigenvalue weighted by Crippen LogP contribution is -2.32. The summed E-state index contributed by atoms with van der Waals surface area (Å²) >= 11 is 5.70. The fourth-order valence-corrected chi connectivity index (χ4v) is 0.943. The number of urea groups is 1. The summed E-state index contributed by atoms with van der Waals surface area (Å²) in [5, 5.41) is 3.04. The average Bonchev–Trinajstić information content (AvgIpc) is 2.21. The highest BCUT2D eigenvalue weighted by Crippen LogP contribution is 2.09. The van der Waals surface area contributed by atoms with E-state index in [1.54, 1.807) is 12.1 Å². The highest BCUT2D eigenvalue weighted by atomic mass is 35.5. The highest BCUT2D eigenvalue weighted by Gasteiger charge is 1.96. The fourth-order valence-electron chi connectivity index (χ4n) is 0.817. The minimum Gasteiger partial charge on any atom is -0.339 e. The van der Waals surface area contributed by atoms with Gasteiger partial charge < -0.3 is 5.32 Å². The first kappa shape index (κ1) is 10.8. The number of carbonyl (C=O) groups is 1. The Labute approximate surface area is 87.2 Å². The minimum absolute atomic E-state index is 0.310. The van der Waals surface area contributed by atoms with Crippen LogP contribution in [-0.4, -0.2) is 13.1 Å². The van der Waals surface area contributed by atoms with E-state index in [4.69, 9.17) is 16.4 Å². The third-order valence-electron chi connectivity index (χ3n) is 1.54. The van der Waals surface area contributed by atoms with Crippen LogP contribution in [-0.2, 0) is 11.4 Å². The molecule has 0 fully saturated rings. The molecule has 0 aliphatic carbocycles. The number of carbonyl (C=O) groups excluding carboxylic acids is 1. The predicted molar refractivity (Wildman–Crippen MR) is 53.8 cm³/mol. The van der Waals surface area contributed by atoms with Crippen LogP contribution in [0.5, 0.6) is 0 Å². The summed E-state index contributed by atoms with van der Waals surface area (Å²) in [4.78, 5) is 15.6. The van der Waals surface area contributed by atoms with Gasteiger partial charge in [0, 0.05) is 12.1 Å². The number of halogens is 1. The molecule has 2 N–H and O–H groups in total. The van der Waals surface area contributed by atoms with E-state index in [0.29, 0.717) is 11.6 Å². The van der Waals surface area contributed by atoms with Crippen LogP contribution < -0.4 is 10.8 Å². The molecule has 0 heterocycles. The Morgan fingerprint density at radius 2 is 2.07 bits per heavy atom. The number of rotatable bonds is 3. The normalized spacial score (nSPS) is 9.57. The van der Waals surface area contributed by atoms with Crippen LogP contribution >= 0.6 is 11.6 Å². The maximum absolute atomic E-state index is 10.7. The number of hydrogen-bond acceptors (Lipinski definition) is 2. The quantitative estimate of drug-likeness (QED) is 0.753. The Balaban J connectivity index is 2.31. The second kappa shape index (κ2) is 5.47. The molecule has 14 heavy (non-hydrogen) atoms. The van der Waals surface area contributed by atoms with Crippen molar-refractivity contribution in [3.05, 3.63) is 34.9 Å². The third-order valence-corrected chi connectivity index (χ3v) is 1.80. The van der Waals surface area contributed by atoms with Gasteiger partial charge in [-0.05, 0) is 17.7 Å². The van der Waals surface area contributed by atoms with E-state index in [9.17, 15) is 4.79 Å². The number of hydrogen-bond donors (Lipinski definition) is 2. The van der Waals surface area contributed by atoms with Gasteiger partial charge in [-0.25, -0.2) is 10.3 Å². The summed E-state index contributed by atoms with van der Waals surface area (Å²) in [6.45, 7) is 0.310. The molecule has 5 heteroatoms. The van der Waals surface area contributed by atoms with Crippen molar-refractivity contribution < 1.29 is 9.63 Å². The smallest absolute Gasteiger partial charge is 0.338 e. The average molecular weight is 215 g/mol. The van der Waals surface area contributed by atoms with Gasteiger partial charge in [0.2, 0.25) is 0 Å². The van der Waals surface area contributed by atoms with Gasteiger partial charge >= 0.3 is 6.03 Å². The number of benzene rings is 1. The molecule has 0 aromatic heterocycles. The molecule has 0 radical (unpaired) electrons. The molecule has 0 aliphatic rings. The first-order valence-corrected chi connectivity index (χ1v) is 4.44. The Bertz CT molecular complexity index is 300. The number of nitrogens with one attached hydrogen (secondary N) is 2. The first-order chi connectivity index (χ1) is 6.72. The maximum Gasteiger partial charge on any atom is 0.338 e. The molecule has 2 amide bonds. The maximum atomic E-state index is 10.7. The number of hydroxylamine groups is 1. The molecule has 0 unspecified atom stereocenters. The van der Waals surface area contributed by atoms with Crippen LogP contribution in [0.15, 0.2) is 24.3 Å². The Morgan fingerprint density at radius 1 is 1.43 bits per heavy atom. The number of amides is 2. The van der Waals surface area contributed by atoms with Crippen LogP contribution in [0.25, 0.3) is 0 Å².